The molecule has 12 heteroatoms. The van der Waals surface area contributed by atoms with Crippen molar-refractivity contribution in [3.8, 4) is 17.2 Å². The Bertz CT molecular complexity index is 1480. The van der Waals surface area contributed by atoms with E-state index in [0.717, 1.165) is 4.90 Å². The van der Waals surface area contributed by atoms with Gasteiger partial charge in [-0.3, -0.25) is 24.1 Å². The van der Waals surface area contributed by atoms with Gasteiger partial charge < -0.3 is 24.8 Å². The van der Waals surface area contributed by atoms with Crippen molar-refractivity contribution in [3.05, 3.63) is 82.2 Å². The summed E-state index contributed by atoms with van der Waals surface area (Å²) in [6.07, 6.45) is 1.47. The predicted octanol–water partition coefficient (Wildman–Crippen LogP) is 5.44. The normalized spacial score (nSPS) is 13.7. The second-order valence-corrected chi connectivity index (χ2v) is 9.91. The fraction of sp³-hybridized carbons (Fsp3) is 0.172. The van der Waals surface area contributed by atoms with Crippen LogP contribution in [0, 0.1) is 0 Å². The Morgan fingerprint density at radius 3 is 2.32 bits per heavy atom. The molecule has 10 nitrogen and oxygen atoms in total. The van der Waals surface area contributed by atoms with E-state index in [1.165, 1.54) is 19.3 Å². The van der Waals surface area contributed by atoms with Crippen molar-refractivity contribution >= 4 is 63.8 Å². The summed E-state index contributed by atoms with van der Waals surface area (Å²) in [6, 6.07) is 18.7. The Morgan fingerprint density at radius 2 is 1.63 bits per heavy atom. The van der Waals surface area contributed by atoms with Crippen LogP contribution in [0.2, 0.25) is 5.02 Å². The van der Waals surface area contributed by atoms with Crippen molar-refractivity contribution in [1.82, 2.24) is 4.90 Å². The number of carbonyl (C=O) groups excluding carboxylic acids is 4. The number of imide groups is 1. The van der Waals surface area contributed by atoms with Crippen LogP contribution in [-0.2, 0) is 14.4 Å². The van der Waals surface area contributed by atoms with Crippen LogP contribution in [-0.4, -0.2) is 54.7 Å². The van der Waals surface area contributed by atoms with E-state index in [2.05, 4.69) is 10.6 Å². The number of para-hydroxylation sites is 1. The molecule has 0 aliphatic carbocycles. The number of nitrogens with zero attached hydrogens (tertiary/aromatic N) is 1. The number of ether oxygens (including phenoxy) is 3. The first kappa shape index (κ1) is 29.5. The summed E-state index contributed by atoms with van der Waals surface area (Å²) in [5.74, 6) is -0.501. The van der Waals surface area contributed by atoms with Crippen molar-refractivity contribution in [3.63, 3.8) is 0 Å². The van der Waals surface area contributed by atoms with Crippen LogP contribution in [0.15, 0.2) is 71.6 Å². The van der Waals surface area contributed by atoms with Gasteiger partial charge in [0.2, 0.25) is 5.91 Å². The molecule has 0 radical (unpaired) electrons. The minimum Gasteiger partial charge on any atom is -0.494 e. The van der Waals surface area contributed by atoms with Gasteiger partial charge in [0.25, 0.3) is 17.1 Å². The van der Waals surface area contributed by atoms with Crippen LogP contribution in [0.4, 0.5) is 16.2 Å². The fourth-order valence-corrected chi connectivity index (χ4v) is 4.86. The molecule has 3 aromatic carbocycles. The number of anilines is 2. The second-order valence-electron chi connectivity index (χ2n) is 8.51. The Balaban J connectivity index is 1.40. The number of carbonyl (C=O) groups is 4. The monoisotopic (exact) mass is 595 g/mol. The molecule has 0 aromatic heterocycles. The zero-order valence-electron chi connectivity index (χ0n) is 22.1. The summed E-state index contributed by atoms with van der Waals surface area (Å²) in [4.78, 5) is 51.2. The van der Waals surface area contributed by atoms with Crippen molar-refractivity contribution in [2.75, 3.05) is 37.5 Å². The fourth-order valence-electron chi connectivity index (χ4n) is 3.75. The first-order valence-electron chi connectivity index (χ1n) is 12.4. The van der Waals surface area contributed by atoms with Crippen molar-refractivity contribution < 1.29 is 33.4 Å². The summed E-state index contributed by atoms with van der Waals surface area (Å²) in [7, 11) is 1.41. The molecule has 0 unspecified atom stereocenters. The smallest absolute Gasteiger partial charge is 0.294 e. The third-order valence-corrected chi connectivity index (χ3v) is 6.77. The van der Waals surface area contributed by atoms with Crippen molar-refractivity contribution in [2.24, 2.45) is 0 Å². The van der Waals surface area contributed by atoms with Gasteiger partial charge in [-0.15, -0.1) is 0 Å². The lowest BCUT2D eigenvalue weighted by Gasteiger charge is -2.14. The molecule has 41 heavy (non-hydrogen) atoms. The minimum absolute atomic E-state index is 0.109. The van der Waals surface area contributed by atoms with E-state index in [9.17, 15) is 19.2 Å². The van der Waals surface area contributed by atoms with Crippen LogP contribution in [0.1, 0.15) is 12.5 Å². The largest absolute Gasteiger partial charge is 0.494 e. The minimum atomic E-state index is -0.616. The maximum absolute atomic E-state index is 12.9. The zero-order valence-corrected chi connectivity index (χ0v) is 23.7. The lowest BCUT2D eigenvalue weighted by molar-refractivity contribution is -0.127. The van der Waals surface area contributed by atoms with Gasteiger partial charge in [0.15, 0.2) is 18.1 Å². The third-order valence-electron chi connectivity index (χ3n) is 5.58. The van der Waals surface area contributed by atoms with Crippen molar-refractivity contribution in [1.29, 1.82) is 0 Å². The van der Waals surface area contributed by atoms with Gasteiger partial charge in [0.1, 0.15) is 12.3 Å². The molecule has 3 aromatic rings. The molecule has 1 aliphatic rings. The standard InChI is InChI=1S/C29H26ClN3O7S/c1-3-39-21-11-9-20(10-12-21)31-25(34)16-33-28(36)24(41-29(33)37)15-18-13-22(30)27(23(14-18)38-2)40-17-26(35)32-19-7-5-4-6-8-19/h4-15H,3,16-17H2,1-2H3,(H,31,34)(H,32,35)/b24-15+. The average Bonchev–Trinajstić information content (AvgIpc) is 3.21. The molecule has 4 amide bonds. The van der Waals surface area contributed by atoms with Gasteiger partial charge >= 0.3 is 0 Å². The molecular weight excluding hydrogens is 570 g/mol. The maximum atomic E-state index is 12.9. The highest BCUT2D eigenvalue weighted by molar-refractivity contribution is 8.18. The van der Waals surface area contributed by atoms with E-state index in [0.29, 0.717) is 41.1 Å². The van der Waals surface area contributed by atoms with Gasteiger partial charge in [0.05, 0.1) is 23.6 Å². The van der Waals surface area contributed by atoms with Crippen LogP contribution < -0.4 is 24.8 Å². The van der Waals surface area contributed by atoms with E-state index in [4.69, 9.17) is 25.8 Å². The molecule has 1 saturated heterocycles. The first-order valence-corrected chi connectivity index (χ1v) is 13.6. The molecule has 0 spiro atoms. The Labute approximate surface area is 245 Å². The molecule has 2 N–H and O–H groups in total. The molecule has 1 aliphatic heterocycles. The lowest BCUT2D eigenvalue weighted by atomic mass is 10.1. The van der Waals surface area contributed by atoms with Crippen LogP contribution in [0.5, 0.6) is 17.2 Å². The first-order chi connectivity index (χ1) is 19.8. The van der Waals surface area contributed by atoms with Gasteiger partial charge in [0, 0.05) is 11.4 Å². The molecule has 1 fully saturated rings. The molecule has 212 valence electrons. The number of thioether (sulfide) groups is 1. The SMILES string of the molecule is CCOc1ccc(NC(=O)CN2C(=O)S/C(=C/c3cc(Cl)c(OCC(=O)Nc4ccccc4)c(OC)c3)C2=O)cc1. The maximum Gasteiger partial charge on any atom is 0.294 e. The number of halogens is 1. The molecule has 1 heterocycles. The Morgan fingerprint density at radius 1 is 0.951 bits per heavy atom. The molecular formula is C29H26ClN3O7S. The molecule has 0 saturated carbocycles. The Kier molecular flexibility index (Phi) is 9.88. The van der Waals surface area contributed by atoms with E-state index in [-0.39, 0.29) is 28.0 Å². The molecule has 0 atom stereocenters. The van der Waals surface area contributed by atoms with Crippen LogP contribution >= 0.6 is 23.4 Å². The number of nitrogens with one attached hydrogen (secondary N) is 2. The summed E-state index contributed by atoms with van der Waals surface area (Å²) in [6.45, 7) is 1.62. The average molecular weight is 596 g/mol. The highest BCUT2D eigenvalue weighted by Gasteiger charge is 2.36. The topological polar surface area (TPSA) is 123 Å². The highest BCUT2D eigenvalue weighted by Crippen LogP contribution is 2.39. The molecule has 0 bridgehead atoms. The third kappa shape index (κ3) is 7.80. The van der Waals surface area contributed by atoms with Crippen molar-refractivity contribution in [2.45, 2.75) is 6.92 Å². The summed E-state index contributed by atoms with van der Waals surface area (Å²) >= 11 is 7.12. The van der Waals surface area contributed by atoms with E-state index in [1.54, 1.807) is 54.6 Å². The van der Waals surface area contributed by atoms with E-state index in [1.807, 2.05) is 13.0 Å². The number of amides is 4. The Hall–Kier alpha value is -4.48. The van der Waals surface area contributed by atoms with Gasteiger partial charge in [-0.2, -0.15) is 0 Å². The second kappa shape index (κ2) is 13.7. The number of benzene rings is 3. The van der Waals surface area contributed by atoms with Gasteiger partial charge in [-0.1, -0.05) is 29.8 Å². The molecule has 4 rings (SSSR count). The summed E-state index contributed by atoms with van der Waals surface area (Å²) < 4.78 is 16.4. The quantitative estimate of drug-likeness (QED) is 0.281. The zero-order chi connectivity index (χ0) is 29.4. The number of rotatable bonds is 11. The number of methoxy groups -OCH3 is 1. The predicted molar refractivity (Wildman–Crippen MR) is 157 cm³/mol. The summed E-state index contributed by atoms with van der Waals surface area (Å²) in [5, 5.41) is 4.93. The lowest BCUT2D eigenvalue weighted by Crippen LogP contribution is -2.36. The van der Waals surface area contributed by atoms with Gasteiger partial charge in [-0.25, -0.2) is 0 Å². The summed E-state index contributed by atoms with van der Waals surface area (Å²) in [5.41, 5.74) is 1.58. The van der Waals surface area contributed by atoms with E-state index >= 15 is 0 Å². The number of hydrogen-bond donors (Lipinski definition) is 2. The van der Waals surface area contributed by atoms with E-state index < -0.39 is 29.5 Å². The van der Waals surface area contributed by atoms with Gasteiger partial charge in [-0.05, 0) is 78.9 Å². The van der Waals surface area contributed by atoms with Crippen LogP contribution in [0.25, 0.3) is 6.08 Å². The highest BCUT2D eigenvalue weighted by atomic mass is 35.5. The number of hydrogen-bond acceptors (Lipinski definition) is 8. The van der Waals surface area contributed by atoms with Crippen LogP contribution in [0.3, 0.4) is 0 Å².